The van der Waals surface area contributed by atoms with Gasteiger partial charge < -0.3 is 20.9 Å². The number of azide groups is 1. The summed E-state index contributed by atoms with van der Waals surface area (Å²) in [5, 5.41) is 17.2. The largest absolute Gasteiger partial charge is 0.505 e. The van der Waals surface area contributed by atoms with Gasteiger partial charge in [0.25, 0.3) is 5.91 Å². The molecule has 0 fully saturated rings. The Balaban J connectivity index is 1.91. The highest BCUT2D eigenvalue weighted by Gasteiger charge is 2.17. The number of nitrogens with zero attached hydrogens (tertiary/aromatic N) is 3. The highest BCUT2D eigenvalue weighted by Crippen LogP contribution is 2.35. The van der Waals surface area contributed by atoms with Crippen molar-refractivity contribution in [2.24, 2.45) is 5.11 Å². The van der Waals surface area contributed by atoms with Crippen LogP contribution in [0.4, 0.5) is 11.4 Å². The Hall–Kier alpha value is -4.23. The quantitative estimate of drug-likeness (QED) is 0.207. The number of nitrogens with two attached hydrogens (primary N) is 1. The SMILES string of the molecule is COc1ccc2c(N)c(O)c(C(=O)Nc3ccc(C(=O)N=[N+]=[N-])cc3)cc2c1. The Morgan fingerprint density at radius 2 is 1.89 bits per heavy atom. The van der Waals surface area contributed by atoms with Crippen molar-refractivity contribution in [1.82, 2.24) is 0 Å². The smallest absolute Gasteiger partial charge is 0.259 e. The lowest BCUT2D eigenvalue weighted by Crippen LogP contribution is -2.13. The van der Waals surface area contributed by atoms with E-state index in [9.17, 15) is 14.7 Å². The molecule has 140 valence electrons. The zero-order valence-electron chi connectivity index (χ0n) is 14.7. The minimum atomic E-state index is -0.728. The number of hydrogen-bond acceptors (Lipinski definition) is 5. The summed E-state index contributed by atoms with van der Waals surface area (Å²) in [7, 11) is 1.52. The van der Waals surface area contributed by atoms with E-state index in [4.69, 9.17) is 16.0 Å². The van der Waals surface area contributed by atoms with Gasteiger partial charge in [-0.05, 0) is 64.6 Å². The lowest BCUT2D eigenvalue weighted by molar-refractivity contribution is 0.0998. The Morgan fingerprint density at radius 1 is 1.18 bits per heavy atom. The average molecular weight is 377 g/mol. The molecule has 0 aliphatic heterocycles. The van der Waals surface area contributed by atoms with E-state index in [0.29, 0.717) is 22.2 Å². The van der Waals surface area contributed by atoms with Crippen LogP contribution in [0.5, 0.6) is 11.5 Å². The number of fused-ring (bicyclic) bond motifs is 1. The molecule has 9 nitrogen and oxygen atoms in total. The van der Waals surface area contributed by atoms with Crippen LogP contribution < -0.4 is 15.8 Å². The minimum Gasteiger partial charge on any atom is -0.505 e. The molecule has 0 bridgehead atoms. The predicted octanol–water partition coefficient (Wildman–Crippen LogP) is 3.84. The fourth-order valence-corrected chi connectivity index (χ4v) is 2.69. The normalized spacial score (nSPS) is 10.2. The van der Waals surface area contributed by atoms with Gasteiger partial charge >= 0.3 is 0 Å². The lowest BCUT2D eigenvalue weighted by Gasteiger charge is -2.12. The number of carbonyl (C=O) groups excluding carboxylic acids is 2. The molecule has 9 heteroatoms. The maximum Gasteiger partial charge on any atom is 0.259 e. The topological polar surface area (TPSA) is 150 Å². The summed E-state index contributed by atoms with van der Waals surface area (Å²) < 4.78 is 5.17. The number of nitrogens with one attached hydrogen (secondary N) is 1. The van der Waals surface area contributed by atoms with Crippen molar-refractivity contribution in [3.05, 3.63) is 70.1 Å². The van der Waals surface area contributed by atoms with Crippen molar-refractivity contribution < 1.29 is 19.4 Å². The minimum absolute atomic E-state index is 0.00696. The molecule has 0 aromatic heterocycles. The molecule has 2 amide bonds. The first-order chi connectivity index (χ1) is 13.4. The van der Waals surface area contributed by atoms with Gasteiger partial charge in [-0.2, -0.15) is 0 Å². The summed E-state index contributed by atoms with van der Waals surface area (Å²) in [6.07, 6.45) is 0. The second-order valence-electron chi connectivity index (χ2n) is 5.80. The van der Waals surface area contributed by atoms with E-state index in [1.807, 2.05) is 0 Å². The number of carbonyl (C=O) groups is 2. The second kappa shape index (κ2) is 7.56. The highest BCUT2D eigenvalue weighted by atomic mass is 16.5. The lowest BCUT2D eigenvalue weighted by atomic mass is 10.0. The van der Waals surface area contributed by atoms with Crippen molar-refractivity contribution in [3.8, 4) is 11.5 Å². The zero-order valence-corrected chi connectivity index (χ0v) is 14.7. The molecule has 0 saturated heterocycles. The molecular formula is C19H15N5O4. The van der Waals surface area contributed by atoms with Crippen molar-refractivity contribution in [3.63, 3.8) is 0 Å². The number of phenolic OH excluding ortho intramolecular Hbond substituents is 1. The van der Waals surface area contributed by atoms with Crippen molar-refractivity contribution >= 4 is 34.0 Å². The predicted molar refractivity (Wildman–Crippen MR) is 104 cm³/mol. The molecule has 0 radical (unpaired) electrons. The number of aromatic hydroxyl groups is 1. The monoisotopic (exact) mass is 377 g/mol. The Bertz CT molecular complexity index is 1140. The van der Waals surface area contributed by atoms with Crippen molar-refractivity contribution in [2.75, 3.05) is 18.2 Å². The van der Waals surface area contributed by atoms with E-state index in [1.165, 1.54) is 37.4 Å². The molecule has 0 aliphatic carbocycles. The van der Waals surface area contributed by atoms with Crippen LogP contribution in [-0.4, -0.2) is 24.0 Å². The molecule has 0 saturated carbocycles. The Kier molecular flexibility index (Phi) is 5.01. The van der Waals surface area contributed by atoms with E-state index in [0.717, 1.165) is 0 Å². The van der Waals surface area contributed by atoms with Gasteiger partial charge in [-0.1, -0.05) is 0 Å². The van der Waals surface area contributed by atoms with Gasteiger partial charge in [0.1, 0.15) is 5.75 Å². The molecule has 28 heavy (non-hydrogen) atoms. The Labute approximate surface area is 159 Å². The molecule has 0 aliphatic rings. The zero-order chi connectivity index (χ0) is 20.3. The highest BCUT2D eigenvalue weighted by molar-refractivity contribution is 6.12. The van der Waals surface area contributed by atoms with Crippen molar-refractivity contribution in [1.29, 1.82) is 0 Å². The number of ether oxygens (including phenoxy) is 1. The summed E-state index contributed by atoms with van der Waals surface area (Å²) in [6.45, 7) is 0. The summed E-state index contributed by atoms with van der Waals surface area (Å²) in [6, 6.07) is 12.4. The van der Waals surface area contributed by atoms with Gasteiger partial charge in [-0.3, -0.25) is 9.59 Å². The number of nitrogen functional groups attached to an aromatic ring is 1. The average Bonchev–Trinajstić information content (AvgIpc) is 2.70. The van der Waals surface area contributed by atoms with Crippen LogP contribution in [0.1, 0.15) is 20.7 Å². The molecule has 0 unspecified atom stereocenters. The van der Waals surface area contributed by atoms with E-state index in [1.54, 1.807) is 18.2 Å². The first kappa shape index (κ1) is 18.6. The summed E-state index contributed by atoms with van der Waals surface area (Å²) >= 11 is 0. The standard InChI is InChI=1S/C19H15N5O4/c1-28-13-6-7-14-11(8-13)9-15(17(25)16(14)20)19(27)22-12-4-2-10(3-5-12)18(26)23-24-21/h2-9,25H,20H2,1H3,(H,22,27). The first-order valence-corrected chi connectivity index (χ1v) is 8.04. The third-order valence-electron chi connectivity index (χ3n) is 4.13. The second-order valence-corrected chi connectivity index (χ2v) is 5.80. The maximum atomic E-state index is 12.6. The van der Waals surface area contributed by atoms with Gasteiger partial charge in [0.2, 0.25) is 5.91 Å². The molecule has 0 atom stereocenters. The number of rotatable bonds is 4. The van der Waals surface area contributed by atoms with Crippen LogP contribution in [-0.2, 0) is 0 Å². The van der Waals surface area contributed by atoms with Crippen LogP contribution >= 0.6 is 0 Å². The molecular weight excluding hydrogens is 362 g/mol. The van der Waals surface area contributed by atoms with Crippen molar-refractivity contribution in [2.45, 2.75) is 0 Å². The van der Waals surface area contributed by atoms with Gasteiger partial charge in [-0.15, -0.1) is 0 Å². The fraction of sp³-hybridized carbons (Fsp3) is 0.0526. The van der Waals surface area contributed by atoms with E-state index >= 15 is 0 Å². The van der Waals surface area contributed by atoms with E-state index in [-0.39, 0.29) is 22.6 Å². The number of amides is 2. The molecule has 3 aromatic rings. The first-order valence-electron chi connectivity index (χ1n) is 8.04. The maximum absolute atomic E-state index is 12.6. The third kappa shape index (κ3) is 3.50. The number of phenols is 1. The van der Waals surface area contributed by atoms with Crippen LogP contribution in [0.25, 0.3) is 21.2 Å². The van der Waals surface area contributed by atoms with Crippen LogP contribution in [0.3, 0.4) is 0 Å². The molecule has 3 rings (SSSR count). The van der Waals surface area contributed by atoms with Gasteiger partial charge in [0, 0.05) is 21.5 Å². The van der Waals surface area contributed by atoms with E-state index in [2.05, 4.69) is 15.3 Å². The van der Waals surface area contributed by atoms with Crippen LogP contribution in [0.15, 0.2) is 53.6 Å². The van der Waals surface area contributed by atoms with Crippen LogP contribution in [0.2, 0.25) is 0 Å². The molecule has 0 spiro atoms. The number of benzene rings is 3. The number of anilines is 2. The van der Waals surface area contributed by atoms with Gasteiger partial charge in [0.15, 0.2) is 5.75 Å². The summed E-state index contributed by atoms with van der Waals surface area (Å²) in [4.78, 5) is 26.5. The summed E-state index contributed by atoms with van der Waals surface area (Å²) in [5.74, 6) is -1.05. The van der Waals surface area contributed by atoms with Crippen LogP contribution in [0, 0.1) is 0 Å². The Morgan fingerprint density at radius 3 is 2.54 bits per heavy atom. The number of hydrogen-bond donors (Lipinski definition) is 3. The fourth-order valence-electron chi connectivity index (χ4n) is 2.69. The van der Waals surface area contributed by atoms with E-state index < -0.39 is 11.8 Å². The summed E-state index contributed by atoms with van der Waals surface area (Å²) in [5.41, 5.74) is 14.9. The van der Waals surface area contributed by atoms with Gasteiger partial charge in [0.05, 0.1) is 18.4 Å². The molecule has 0 heterocycles. The number of methoxy groups -OCH3 is 1. The van der Waals surface area contributed by atoms with Gasteiger partial charge in [-0.25, -0.2) is 0 Å². The molecule has 3 aromatic carbocycles. The molecule has 4 N–H and O–H groups in total. The third-order valence-corrected chi connectivity index (χ3v) is 4.13.